The van der Waals surface area contributed by atoms with Crippen LogP contribution in [0, 0.1) is 0 Å². The molecule has 2 heterocycles. The highest BCUT2D eigenvalue weighted by atomic mass is 16.7. The summed E-state index contributed by atoms with van der Waals surface area (Å²) in [5, 5.41) is 87.2. The second-order valence-corrected chi connectivity index (χ2v) is 23.6. The molecular formula is C66H123NO13. The third-order valence-corrected chi connectivity index (χ3v) is 16.3. The Morgan fingerprint density at radius 3 is 1.23 bits per heavy atom. The molecular weight excluding hydrogens is 1010 g/mol. The van der Waals surface area contributed by atoms with Crippen LogP contribution in [-0.2, 0) is 23.7 Å². The van der Waals surface area contributed by atoms with Crippen LogP contribution in [0.15, 0.2) is 36.5 Å². The monoisotopic (exact) mass is 1140 g/mol. The van der Waals surface area contributed by atoms with Gasteiger partial charge >= 0.3 is 0 Å². The fourth-order valence-electron chi connectivity index (χ4n) is 11.0. The van der Waals surface area contributed by atoms with E-state index >= 15 is 0 Å². The molecule has 0 saturated carbocycles. The number of aliphatic hydroxyl groups is 8. The van der Waals surface area contributed by atoms with Crippen LogP contribution in [-0.4, -0.2) is 140 Å². The zero-order valence-corrected chi connectivity index (χ0v) is 50.8. The summed E-state index contributed by atoms with van der Waals surface area (Å²) in [5.41, 5.74) is 0. The number of amides is 1. The summed E-state index contributed by atoms with van der Waals surface area (Å²) >= 11 is 0. The summed E-state index contributed by atoms with van der Waals surface area (Å²) in [6.45, 7) is 2.80. The Labute approximate surface area is 487 Å². The fourth-order valence-corrected chi connectivity index (χ4v) is 11.0. The molecule has 2 saturated heterocycles. The van der Waals surface area contributed by atoms with Crippen molar-refractivity contribution in [2.45, 2.75) is 357 Å². The lowest BCUT2D eigenvalue weighted by atomic mass is 9.97. The van der Waals surface area contributed by atoms with Crippen molar-refractivity contribution >= 4 is 5.91 Å². The summed E-state index contributed by atoms with van der Waals surface area (Å²) in [7, 11) is 0. The molecule has 0 aromatic carbocycles. The Kier molecular flexibility index (Phi) is 47.9. The number of nitrogens with one attached hydrogen (secondary N) is 1. The van der Waals surface area contributed by atoms with E-state index in [0.717, 1.165) is 44.9 Å². The number of allylic oxidation sites excluding steroid dienone is 5. The van der Waals surface area contributed by atoms with E-state index in [-0.39, 0.29) is 18.9 Å². The van der Waals surface area contributed by atoms with Crippen molar-refractivity contribution in [1.82, 2.24) is 5.32 Å². The highest BCUT2D eigenvalue weighted by molar-refractivity contribution is 5.76. The maximum atomic E-state index is 13.3. The van der Waals surface area contributed by atoms with Gasteiger partial charge in [0.2, 0.25) is 5.91 Å². The third-order valence-electron chi connectivity index (χ3n) is 16.3. The summed E-state index contributed by atoms with van der Waals surface area (Å²) in [6, 6.07) is -0.936. The molecule has 2 aliphatic rings. The molecule has 12 unspecified atom stereocenters. The van der Waals surface area contributed by atoms with Crippen LogP contribution < -0.4 is 5.32 Å². The topological polar surface area (TPSA) is 228 Å². The van der Waals surface area contributed by atoms with E-state index in [1.807, 2.05) is 6.08 Å². The van der Waals surface area contributed by atoms with E-state index in [1.54, 1.807) is 6.08 Å². The maximum Gasteiger partial charge on any atom is 0.220 e. The van der Waals surface area contributed by atoms with Crippen molar-refractivity contribution in [3.8, 4) is 0 Å². The van der Waals surface area contributed by atoms with Gasteiger partial charge in [0.15, 0.2) is 12.6 Å². The normalized spacial score (nSPS) is 24.4. The maximum absolute atomic E-state index is 13.3. The molecule has 14 heteroatoms. The molecule has 2 rings (SSSR count). The van der Waals surface area contributed by atoms with Crippen molar-refractivity contribution in [3.63, 3.8) is 0 Å². The van der Waals surface area contributed by atoms with Gasteiger partial charge in [-0.2, -0.15) is 0 Å². The summed E-state index contributed by atoms with van der Waals surface area (Å²) in [5.74, 6) is -0.248. The highest BCUT2D eigenvalue weighted by Crippen LogP contribution is 2.30. The van der Waals surface area contributed by atoms with Crippen molar-refractivity contribution < 1.29 is 64.6 Å². The molecule has 0 aromatic heterocycles. The predicted octanol–water partition coefficient (Wildman–Crippen LogP) is 12.6. The van der Waals surface area contributed by atoms with Gasteiger partial charge in [0.1, 0.15) is 48.8 Å². The van der Waals surface area contributed by atoms with Crippen molar-refractivity contribution in [2.24, 2.45) is 0 Å². The van der Waals surface area contributed by atoms with Crippen LogP contribution in [0.1, 0.15) is 284 Å². The first-order valence-electron chi connectivity index (χ1n) is 33.2. The Morgan fingerprint density at radius 2 is 0.800 bits per heavy atom. The number of carbonyl (C=O) groups is 1. The van der Waals surface area contributed by atoms with Crippen molar-refractivity contribution in [3.05, 3.63) is 36.5 Å². The Morgan fingerprint density at radius 1 is 0.438 bits per heavy atom. The van der Waals surface area contributed by atoms with Crippen LogP contribution >= 0.6 is 0 Å². The minimum absolute atomic E-state index is 0.248. The number of hydrogen-bond donors (Lipinski definition) is 9. The molecule has 2 aliphatic heterocycles. The van der Waals surface area contributed by atoms with Gasteiger partial charge in [0, 0.05) is 6.42 Å². The lowest BCUT2D eigenvalue weighted by molar-refractivity contribution is -0.359. The Bertz CT molecular complexity index is 1480. The number of ether oxygens (including phenoxy) is 4. The Hall–Kier alpha value is -1.79. The number of unbranched alkanes of at least 4 members (excludes halogenated alkanes) is 37. The van der Waals surface area contributed by atoms with Gasteiger partial charge in [-0.25, -0.2) is 0 Å². The van der Waals surface area contributed by atoms with Crippen LogP contribution in [0.4, 0.5) is 0 Å². The average Bonchev–Trinajstić information content (AvgIpc) is 3.49. The van der Waals surface area contributed by atoms with E-state index in [2.05, 4.69) is 43.5 Å². The molecule has 0 aliphatic carbocycles. The third kappa shape index (κ3) is 36.1. The van der Waals surface area contributed by atoms with E-state index in [9.17, 15) is 45.6 Å². The predicted molar refractivity (Wildman–Crippen MR) is 323 cm³/mol. The summed E-state index contributed by atoms with van der Waals surface area (Å²) in [6.07, 6.45) is 47.8. The van der Waals surface area contributed by atoms with E-state index in [1.165, 1.54) is 205 Å². The zero-order chi connectivity index (χ0) is 58.1. The number of hydrogen-bond acceptors (Lipinski definition) is 13. The number of carbonyl (C=O) groups excluding carboxylic acids is 1. The molecule has 9 N–H and O–H groups in total. The van der Waals surface area contributed by atoms with E-state index in [4.69, 9.17) is 18.9 Å². The molecule has 0 spiro atoms. The van der Waals surface area contributed by atoms with Crippen molar-refractivity contribution in [1.29, 1.82) is 0 Å². The standard InChI is InChI=1S/C66H123NO13/c1-3-5-7-9-11-13-15-17-19-21-22-23-24-25-26-27-28-29-30-31-32-34-36-38-40-42-44-46-48-50-58(71)67-54(55(70)49-47-45-43-41-39-37-35-33-20-18-16-14-12-10-8-6-4-2)53-77-65-63(76)61(74)64(57(52-69)79-65)80-66-62(75)60(73)59(72)56(51-68)78-66/h20,33,39,41,47,49,54-57,59-66,68-70,72-76H,3-19,21-32,34-38,40,42-46,48,50-53H2,1-2H3,(H,67,71)/b33-20+,41-39+,49-47+. The largest absolute Gasteiger partial charge is 0.394 e. The van der Waals surface area contributed by atoms with Gasteiger partial charge in [0.25, 0.3) is 0 Å². The van der Waals surface area contributed by atoms with Gasteiger partial charge in [0.05, 0.1) is 32.0 Å². The summed E-state index contributed by atoms with van der Waals surface area (Å²) < 4.78 is 22.8. The smallest absolute Gasteiger partial charge is 0.220 e. The lowest BCUT2D eigenvalue weighted by Gasteiger charge is -2.46. The van der Waals surface area contributed by atoms with Crippen LogP contribution in [0.3, 0.4) is 0 Å². The molecule has 14 nitrogen and oxygen atoms in total. The van der Waals surface area contributed by atoms with Gasteiger partial charge in [-0.15, -0.1) is 0 Å². The Balaban J connectivity index is 1.68. The average molecular weight is 1140 g/mol. The molecule has 12 atom stereocenters. The first-order valence-corrected chi connectivity index (χ1v) is 33.2. The minimum Gasteiger partial charge on any atom is -0.394 e. The van der Waals surface area contributed by atoms with Gasteiger partial charge < -0.3 is 65.1 Å². The van der Waals surface area contributed by atoms with Gasteiger partial charge in [-0.1, -0.05) is 269 Å². The molecule has 1 amide bonds. The quantitative estimate of drug-likeness (QED) is 0.0204. The fraction of sp³-hybridized carbons (Fsp3) is 0.894. The number of rotatable bonds is 54. The van der Waals surface area contributed by atoms with E-state index < -0.39 is 86.8 Å². The molecule has 0 aromatic rings. The lowest BCUT2D eigenvalue weighted by Crippen LogP contribution is -2.65. The van der Waals surface area contributed by atoms with Gasteiger partial charge in [-0.3, -0.25) is 4.79 Å². The van der Waals surface area contributed by atoms with E-state index in [0.29, 0.717) is 12.8 Å². The molecule has 80 heavy (non-hydrogen) atoms. The van der Waals surface area contributed by atoms with Crippen LogP contribution in [0.2, 0.25) is 0 Å². The SMILES string of the molecule is CCCCCCCCC/C=C/CC/C=C/CC/C=C/C(O)C(COC1OC(CO)C(OC2OC(CO)C(O)C(O)C2O)C(O)C1O)NC(=O)CCCCCCCCCCCCCCCCCCCCCCCCCCCCCCC. The second-order valence-electron chi connectivity index (χ2n) is 23.6. The van der Waals surface area contributed by atoms with Crippen LogP contribution in [0.25, 0.3) is 0 Å². The first kappa shape index (κ1) is 74.3. The highest BCUT2D eigenvalue weighted by Gasteiger charge is 2.51. The summed E-state index contributed by atoms with van der Waals surface area (Å²) in [4.78, 5) is 13.3. The minimum atomic E-state index is -1.79. The second kappa shape index (κ2) is 51.6. The zero-order valence-electron chi connectivity index (χ0n) is 50.8. The van der Waals surface area contributed by atoms with Crippen LogP contribution in [0.5, 0.6) is 0 Å². The molecule has 0 bridgehead atoms. The van der Waals surface area contributed by atoms with Gasteiger partial charge in [-0.05, 0) is 44.9 Å². The first-order chi connectivity index (χ1) is 39.1. The number of aliphatic hydroxyl groups excluding tert-OH is 8. The molecule has 2 fully saturated rings. The van der Waals surface area contributed by atoms with Crippen molar-refractivity contribution in [2.75, 3.05) is 19.8 Å². The molecule has 470 valence electrons. The molecule has 0 radical (unpaired) electrons.